The summed E-state index contributed by atoms with van der Waals surface area (Å²) in [6.07, 6.45) is 7.00. The highest BCUT2D eigenvalue weighted by molar-refractivity contribution is 6.22. The van der Waals surface area contributed by atoms with E-state index in [0.29, 0.717) is 29.8 Å². The van der Waals surface area contributed by atoms with Crippen LogP contribution in [0.3, 0.4) is 0 Å². The minimum Gasteiger partial charge on any atom is -0.456 e. The molecule has 0 bridgehead atoms. The van der Waals surface area contributed by atoms with Crippen LogP contribution in [-0.2, 0) is 0 Å². The maximum atomic E-state index is 13.6. The van der Waals surface area contributed by atoms with Crippen molar-refractivity contribution in [3.05, 3.63) is 47.5 Å². The summed E-state index contributed by atoms with van der Waals surface area (Å²) in [6.45, 7) is 4.56. The standard InChI is InChI=1S/C26H30N2O3.ClH/c29-21(17-27-13-5-1-6-14-27)19-11-12-24-26(20-9-3-4-10-23(20)31-24)25(19)22(30)18-28-15-7-2-8-16-28;/h3-4,9-12H,1-2,5-8,13-18H2;1H. The van der Waals surface area contributed by atoms with Crippen LogP contribution in [0.2, 0.25) is 0 Å². The lowest BCUT2D eigenvalue weighted by Crippen LogP contribution is -2.36. The molecule has 170 valence electrons. The van der Waals surface area contributed by atoms with E-state index >= 15 is 0 Å². The fourth-order valence-corrected chi connectivity index (χ4v) is 5.14. The molecule has 2 aliphatic rings. The summed E-state index contributed by atoms with van der Waals surface area (Å²) in [7, 11) is 0. The smallest absolute Gasteiger partial charge is 0.178 e. The number of hydrogen-bond donors (Lipinski definition) is 0. The van der Waals surface area contributed by atoms with Crippen molar-refractivity contribution in [1.82, 2.24) is 9.80 Å². The van der Waals surface area contributed by atoms with Gasteiger partial charge in [0.1, 0.15) is 11.2 Å². The van der Waals surface area contributed by atoms with Crippen LogP contribution in [0.25, 0.3) is 21.9 Å². The molecule has 0 unspecified atom stereocenters. The number of rotatable bonds is 6. The zero-order valence-electron chi connectivity index (χ0n) is 18.5. The van der Waals surface area contributed by atoms with Crippen molar-refractivity contribution >= 4 is 45.9 Å². The predicted octanol–water partition coefficient (Wildman–Crippen LogP) is 5.35. The Labute approximate surface area is 195 Å². The molecule has 1 aromatic heterocycles. The molecule has 0 N–H and O–H groups in total. The van der Waals surface area contributed by atoms with Crippen molar-refractivity contribution in [1.29, 1.82) is 0 Å². The number of para-hydroxylation sites is 1. The molecule has 5 rings (SSSR count). The van der Waals surface area contributed by atoms with Crippen molar-refractivity contribution in [2.45, 2.75) is 38.5 Å². The number of hydrogen-bond acceptors (Lipinski definition) is 5. The van der Waals surface area contributed by atoms with Gasteiger partial charge in [0, 0.05) is 21.9 Å². The Balaban J connectivity index is 0.00000245. The van der Waals surface area contributed by atoms with Crippen LogP contribution in [0.4, 0.5) is 0 Å². The largest absolute Gasteiger partial charge is 0.456 e. The summed E-state index contributed by atoms with van der Waals surface area (Å²) in [4.78, 5) is 31.5. The molecular formula is C26H31ClN2O3. The minimum atomic E-state index is 0. The highest BCUT2D eigenvalue weighted by atomic mass is 35.5. The Morgan fingerprint density at radius 2 is 1.31 bits per heavy atom. The average Bonchev–Trinajstić information content (AvgIpc) is 3.18. The van der Waals surface area contributed by atoms with Crippen molar-refractivity contribution in [3.8, 4) is 0 Å². The van der Waals surface area contributed by atoms with Gasteiger partial charge in [-0.3, -0.25) is 19.4 Å². The molecule has 2 fully saturated rings. The third kappa shape index (κ3) is 4.61. The highest BCUT2D eigenvalue weighted by Gasteiger charge is 2.26. The number of piperidine rings is 2. The topological polar surface area (TPSA) is 53.8 Å². The van der Waals surface area contributed by atoms with Gasteiger partial charge >= 0.3 is 0 Å². The average molecular weight is 455 g/mol. The van der Waals surface area contributed by atoms with Crippen molar-refractivity contribution < 1.29 is 14.0 Å². The van der Waals surface area contributed by atoms with E-state index in [1.165, 1.54) is 12.8 Å². The molecule has 0 amide bonds. The van der Waals surface area contributed by atoms with E-state index in [9.17, 15) is 9.59 Å². The number of benzene rings is 2. The van der Waals surface area contributed by atoms with Crippen LogP contribution in [0.1, 0.15) is 59.2 Å². The zero-order valence-corrected chi connectivity index (χ0v) is 19.3. The molecule has 5 nitrogen and oxygen atoms in total. The first-order valence-electron chi connectivity index (χ1n) is 11.7. The van der Waals surface area contributed by atoms with Crippen LogP contribution in [0.5, 0.6) is 0 Å². The lowest BCUT2D eigenvalue weighted by Gasteiger charge is -2.27. The van der Waals surface area contributed by atoms with Gasteiger partial charge in [0.05, 0.1) is 13.1 Å². The van der Waals surface area contributed by atoms with Crippen molar-refractivity contribution in [3.63, 3.8) is 0 Å². The number of carbonyl (C=O) groups excluding carboxylic acids is 2. The second kappa shape index (κ2) is 10.2. The summed E-state index contributed by atoms with van der Waals surface area (Å²) < 4.78 is 6.03. The molecule has 3 aromatic rings. The Morgan fingerprint density at radius 1 is 0.719 bits per heavy atom. The van der Waals surface area contributed by atoms with E-state index in [1.807, 2.05) is 30.3 Å². The van der Waals surface area contributed by atoms with Crippen LogP contribution in [0, 0.1) is 0 Å². The summed E-state index contributed by atoms with van der Waals surface area (Å²) in [5, 5.41) is 1.70. The van der Waals surface area contributed by atoms with Crippen molar-refractivity contribution in [2.24, 2.45) is 0 Å². The molecule has 0 atom stereocenters. The monoisotopic (exact) mass is 454 g/mol. The third-order valence-corrected chi connectivity index (χ3v) is 6.75. The van der Waals surface area contributed by atoms with Gasteiger partial charge < -0.3 is 4.42 Å². The Morgan fingerprint density at radius 3 is 1.97 bits per heavy atom. The van der Waals surface area contributed by atoms with Crippen LogP contribution < -0.4 is 0 Å². The molecule has 2 aromatic carbocycles. The number of ketones is 2. The molecule has 6 heteroatoms. The molecule has 0 spiro atoms. The Bertz CT molecular complexity index is 1110. The summed E-state index contributed by atoms with van der Waals surface area (Å²) in [5.74, 6) is 0.0668. The first kappa shape index (κ1) is 23.0. The van der Waals surface area contributed by atoms with Gasteiger partial charge in [0.25, 0.3) is 0 Å². The number of halogens is 1. The summed E-state index contributed by atoms with van der Waals surface area (Å²) in [5.41, 5.74) is 2.53. The predicted molar refractivity (Wildman–Crippen MR) is 130 cm³/mol. The van der Waals surface area contributed by atoms with E-state index in [2.05, 4.69) is 9.80 Å². The maximum absolute atomic E-state index is 13.6. The molecule has 3 heterocycles. The van der Waals surface area contributed by atoms with Crippen LogP contribution >= 0.6 is 12.4 Å². The second-order valence-electron chi connectivity index (χ2n) is 8.98. The SMILES string of the molecule is Cl.O=C(CN1CCCCC1)c1ccc2oc3ccccc3c2c1C(=O)CN1CCCCC1. The van der Waals surface area contributed by atoms with E-state index in [-0.39, 0.29) is 24.0 Å². The van der Waals surface area contributed by atoms with Gasteiger partial charge in [0.15, 0.2) is 11.6 Å². The number of fused-ring (bicyclic) bond motifs is 3. The van der Waals surface area contributed by atoms with Crippen LogP contribution in [-0.4, -0.2) is 60.6 Å². The van der Waals surface area contributed by atoms with Crippen LogP contribution in [0.15, 0.2) is 40.8 Å². The maximum Gasteiger partial charge on any atom is 0.178 e. The molecular weight excluding hydrogens is 424 g/mol. The first-order valence-corrected chi connectivity index (χ1v) is 11.7. The third-order valence-electron chi connectivity index (χ3n) is 6.75. The normalized spacial score (nSPS) is 18.0. The number of Topliss-reactive ketones (excluding diaryl/α,β-unsaturated/α-hetero) is 2. The van der Waals surface area contributed by atoms with E-state index in [1.54, 1.807) is 6.07 Å². The molecule has 2 aliphatic heterocycles. The lowest BCUT2D eigenvalue weighted by atomic mass is 9.93. The van der Waals surface area contributed by atoms with Gasteiger partial charge in [-0.05, 0) is 70.1 Å². The minimum absolute atomic E-state index is 0. The fourth-order valence-electron chi connectivity index (χ4n) is 5.14. The summed E-state index contributed by atoms with van der Waals surface area (Å²) >= 11 is 0. The van der Waals surface area contributed by atoms with Gasteiger partial charge in [-0.15, -0.1) is 12.4 Å². The highest BCUT2D eigenvalue weighted by Crippen LogP contribution is 2.34. The zero-order chi connectivity index (χ0) is 21.2. The quantitative estimate of drug-likeness (QED) is 0.470. The number of carbonyl (C=O) groups is 2. The summed E-state index contributed by atoms with van der Waals surface area (Å²) in [6, 6.07) is 11.5. The van der Waals surface area contributed by atoms with Gasteiger partial charge in [-0.1, -0.05) is 31.0 Å². The number of furan rings is 1. The molecule has 2 saturated heterocycles. The number of nitrogens with zero attached hydrogens (tertiary/aromatic N) is 2. The molecule has 0 aliphatic carbocycles. The van der Waals surface area contributed by atoms with Gasteiger partial charge in [0.2, 0.25) is 0 Å². The lowest BCUT2D eigenvalue weighted by molar-refractivity contribution is 0.0883. The van der Waals surface area contributed by atoms with E-state index in [4.69, 9.17) is 4.42 Å². The number of likely N-dealkylation sites (tertiary alicyclic amines) is 2. The molecule has 0 saturated carbocycles. The van der Waals surface area contributed by atoms with Gasteiger partial charge in [-0.2, -0.15) is 0 Å². The van der Waals surface area contributed by atoms with Crippen molar-refractivity contribution in [2.75, 3.05) is 39.3 Å². The first-order chi connectivity index (χ1) is 15.2. The van der Waals surface area contributed by atoms with E-state index < -0.39 is 0 Å². The Kier molecular flexibility index (Phi) is 7.29. The molecule has 32 heavy (non-hydrogen) atoms. The van der Waals surface area contributed by atoms with Gasteiger partial charge in [-0.25, -0.2) is 0 Å². The Hall–Kier alpha value is -2.21. The fraction of sp³-hybridized carbons (Fsp3) is 0.462. The van der Waals surface area contributed by atoms with E-state index in [0.717, 1.165) is 68.2 Å². The molecule has 0 radical (unpaired) electrons. The second-order valence-corrected chi connectivity index (χ2v) is 8.98.